The Morgan fingerprint density at radius 2 is 1.77 bits per heavy atom. The van der Waals surface area contributed by atoms with E-state index in [2.05, 4.69) is 26.1 Å². The number of aryl methyl sites for hydroxylation is 1. The van der Waals surface area contributed by atoms with E-state index in [1.165, 1.54) is 0 Å². The minimum atomic E-state index is -0.101. The first-order valence-corrected chi connectivity index (χ1v) is 7.72. The lowest BCUT2D eigenvalue weighted by Gasteiger charge is -2.11. The van der Waals surface area contributed by atoms with Crippen LogP contribution in [0.3, 0.4) is 0 Å². The number of hydrogen-bond donors (Lipinski definition) is 1. The Hall–Kier alpha value is -2.29. The Kier molecular flexibility index (Phi) is 5.59. The summed E-state index contributed by atoms with van der Waals surface area (Å²) in [5.74, 6) is 1.17. The van der Waals surface area contributed by atoms with E-state index in [0.29, 0.717) is 18.1 Å². The van der Waals surface area contributed by atoms with Crippen LogP contribution >= 0.6 is 0 Å². The number of anilines is 1. The predicted octanol–water partition coefficient (Wildman–Crippen LogP) is 4.54. The van der Waals surface area contributed by atoms with E-state index < -0.39 is 0 Å². The third-order valence-corrected chi connectivity index (χ3v) is 3.35. The van der Waals surface area contributed by atoms with Crippen LogP contribution in [0.5, 0.6) is 5.75 Å². The van der Waals surface area contributed by atoms with Gasteiger partial charge < -0.3 is 10.1 Å². The number of nitrogens with one attached hydrogen (secondary N) is 1. The first-order chi connectivity index (χ1) is 10.6. The molecule has 2 rings (SSSR count). The van der Waals surface area contributed by atoms with Crippen molar-refractivity contribution in [3.8, 4) is 5.75 Å². The predicted molar refractivity (Wildman–Crippen MR) is 90.5 cm³/mol. The molecule has 0 aromatic heterocycles. The van der Waals surface area contributed by atoms with E-state index in [1.54, 1.807) is 12.1 Å². The number of benzene rings is 2. The van der Waals surface area contributed by atoms with Crippen LogP contribution < -0.4 is 10.1 Å². The maximum Gasteiger partial charge on any atom is 0.255 e. The standard InChI is InChI=1S/C19H23NO2/c1-4-15-7-5-6-8-18(15)20-19(21)16-9-11-17(12-10-16)22-13-14(2)3/h5-12,14H,4,13H2,1-3H3,(H,20,21). The van der Waals surface area contributed by atoms with Crippen molar-refractivity contribution in [2.45, 2.75) is 27.2 Å². The molecule has 0 heterocycles. The average Bonchev–Trinajstić information content (AvgIpc) is 2.54. The average molecular weight is 297 g/mol. The summed E-state index contributed by atoms with van der Waals surface area (Å²) in [6, 6.07) is 15.1. The number of para-hydroxylation sites is 1. The van der Waals surface area contributed by atoms with Crippen LogP contribution in [0, 0.1) is 5.92 Å². The Bertz CT molecular complexity index is 618. The largest absolute Gasteiger partial charge is 0.493 e. The zero-order chi connectivity index (χ0) is 15.9. The summed E-state index contributed by atoms with van der Waals surface area (Å²) >= 11 is 0. The molecule has 1 amide bonds. The molecule has 0 aliphatic heterocycles. The van der Waals surface area contributed by atoms with Gasteiger partial charge in [-0.25, -0.2) is 0 Å². The van der Waals surface area contributed by atoms with Crippen molar-refractivity contribution in [1.29, 1.82) is 0 Å². The van der Waals surface area contributed by atoms with Gasteiger partial charge in [-0.1, -0.05) is 39.0 Å². The van der Waals surface area contributed by atoms with Crippen LogP contribution in [0.2, 0.25) is 0 Å². The fourth-order valence-electron chi connectivity index (χ4n) is 2.11. The van der Waals surface area contributed by atoms with E-state index in [9.17, 15) is 4.79 Å². The van der Waals surface area contributed by atoms with Gasteiger partial charge in [0.15, 0.2) is 0 Å². The number of amides is 1. The quantitative estimate of drug-likeness (QED) is 0.850. The molecule has 0 aliphatic carbocycles. The molecule has 0 saturated heterocycles. The summed E-state index contributed by atoms with van der Waals surface area (Å²) in [7, 11) is 0. The van der Waals surface area contributed by atoms with Crippen molar-refractivity contribution in [3.05, 3.63) is 59.7 Å². The summed E-state index contributed by atoms with van der Waals surface area (Å²) in [5, 5.41) is 2.97. The second kappa shape index (κ2) is 7.64. The molecule has 0 atom stereocenters. The number of carbonyl (C=O) groups excluding carboxylic acids is 1. The first-order valence-electron chi connectivity index (χ1n) is 7.72. The van der Waals surface area contributed by atoms with E-state index in [1.807, 2.05) is 36.4 Å². The van der Waals surface area contributed by atoms with Gasteiger partial charge in [-0.05, 0) is 48.2 Å². The lowest BCUT2D eigenvalue weighted by atomic mass is 10.1. The van der Waals surface area contributed by atoms with Crippen molar-refractivity contribution < 1.29 is 9.53 Å². The van der Waals surface area contributed by atoms with Gasteiger partial charge in [0.2, 0.25) is 0 Å². The SMILES string of the molecule is CCc1ccccc1NC(=O)c1ccc(OCC(C)C)cc1. The summed E-state index contributed by atoms with van der Waals surface area (Å²) in [6.07, 6.45) is 0.887. The third-order valence-electron chi connectivity index (χ3n) is 3.35. The van der Waals surface area contributed by atoms with Crippen LogP contribution in [-0.4, -0.2) is 12.5 Å². The number of rotatable bonds is 6. The summed E-state index contributed by atoms with van der Waals surface area (Å²) in [5.41, 5.74) is 2.63. The van der Waals surface area contributed by atoms with Crippen molar-refractivity contribution in [3.63, 3.8) is 0 Å². The molecule has 0 aliphatic rings. The van der Waals surface area contributed by atoms with Crippen LogP contribution in [0.25, 0.3) is 0 Å². The van der Waals surface area contributed by atoms with E-state index in [-0.39, 0.29) is 5.91 Å². The molecule has 3 heteroatoms. The Morgan fingerprint density at radius 3 is 2.41 bits per heavy atom. The molecule has 0 radical (unpaired) electrons. The molecule has 0 unspecified atom stereocenters. The first kappa shape index (κ1) is 16.1. The van der Waals surface area contributed by atoms with Crippen LogP contribution in [0.15, 0.2) is 48.5 Å². The van der Waals surface area contributed by atoms with Gasteiger partial charge >= 0.3 is 0 Å². The van der Waals surface area contributed by atoms with E-state index in [0.717, 1.165) is 23.4 Å². The van der Waals surface area contributed by atoms with Gasteiger partial charge in [-0.15, -0.1) is 0 Å². The topological polar surface area (TPSA) is 38.3 Å². The number of ether oxygens (including phenoxy) is 1. The molecule has 2 aromatic rings. The maximum absolute atomic E-state index is 12.3. The lowest BCUT2D eigenvalue weighted by Crippen LogP contribution is -2.13. The number of hydrogen-bond acceptors (Lipinski definition) is 2. The highest BCUT2D eigenvalue weighted by atomic mass is 16.5. The summed E-state index contributed by atoms with van der Waals surface area (Å²) in [4.78, 5) is 12.3. The molecule has 0 bridgehead atoms. The van der Waals surface area contributed by atoms with Crippen molar-refractivity contribution >= 4 is 11.6 Å². The Labute approximate surface area is 132 Å². The Morgan fingerprint density at radius 1 is 1.09 bits per heavy atom. The van der Waals surface area contributed by atoms with Gasteiger partial charge in [-0.2, -0.15) is 0 Å². The molecule has 3 nitrogen and oxygen atoms in total. The molecule has 116 valence electrons. The molecule has 0 spiro atoms. The van der Waals surface area contributed by atoms with Crippen molar-refractivity contribution in [2.75, 3.05) is 11.9 Å². The van der Waals surface area contributed by atoms with E-state index >= 15 is 0 Å². The van der Waals surface area contributed by atoms with Gasteiger partial charge in [0.25, 0.3) is 5.91 Å². The Balaban J connectivity index is 2.03. The minimum Gasteiger partial charge on any atom is -0.493 e. The zero-order valence-corrected chi connectivity index (χ0v) is 13.4. The highest BCUT2D eigenvalue weighted by Gasteiger charge is 2.08. The van der Waals surface area contributed by atoms with Gasteiger partial charge in [-0.3, -0.25) is 4.79 Å². The van der Waals surface area contributed by atoms with Crippen molar-refractivity contribution in [2.24, 2.45) is 5.92 Å². The van der Waals surface area contributed by atoms with Gasteiger partial charge in [0.05, 0.1) is 6.61 Å². The fraction of sp³-hybridized carbons (Fsp3) is 0.316. The molecule has 0 fully saturated rings. The molecule has 2 aromatic carbocycles. The highest BCUT2D eigenvalue weighted by Crippen LogP contribution is 2.18. The highest BCUT2D eigenvalue weighted by molar-refractivity contribution is 6.04. The second-order valence-corrected chi connectivity index (χ2v) is 5.69. The van der Waals surface area contributed by atoms with Gasteiger partial charge in [0.1, 0.15) is 5.75 Å². The molecule has 1 N–H and O–H groups in total. The van der Waals surface area contributed by atoms with E-state index in [4.69, 9.17) is 4.74 Å². The molecule has 0 saturated carbocycles. The number of carbonyl (C=O) groups is 1. The van der Waals surface area contributed by atoms with Gasteiger partial charge in [0, 0.05) is 11.3 Å². The monoisotopic (exact) mass is 297 g/mol. The summed E-state index contributed by atoms with van der Waals surface area (Å²) in [6.45, 7) is 6.96. The smallest absolute Gasteiger partial charge is 0.255 e. The minimum absolute atomic E-state index is 0.101. The summed E-state index contributed by atoms with van der Waals surface area (Å²) < 4.78 is 5.63. The zero-order valence-electron chi connectivity index (χ0n) is 13.4. The van der Waals surface area contributed by atoms with Crippen LogP contribution in [0.1, 0.15) is 36.7 Å². The second-order valence-electron chi connectivity index (χ2n) is 5.69. The molecular weight excluding hydrogens is 274 g/mol. The molecular formula is C19H23NO2. The molecule has 22 heavy (non-hydrogen) atoms. The fourth-order valence-corrected chi connectivity index (χ4v) is 2.11. The third kappa shape index (κ3) is 4.35. The van der Waals surface area contributed by atoms with Crippen molar-refractivity contribution in [1.82, 2.24) is 0 Å². The normalized spacial score (nSPS) is 10.5. The maximum atomic E-state index is 12.3. The van der Waals surface area contributed by atoms with Crippen LogP contribution in [-0.2, 0) is 6.42 Å². The van der Waals surface area contributed by atoms with Crippen LogP contribution in [0.4, 0.5) is 5.69 Å². The lowest BCUT2D eigenvalue weighted by molar-refractivity contribution is 0.102.